The lowest BCUT2D eigenvalue weighted by atomic mass is 10.1. The van der Waals surface area contributed by atoms with E-state index in [0.717, 1.165) is 17.3 Å². The zero-order chi connectivity index (χ0) is 16.9. The van der Waals surface area contributed by atoms with Gasteiger partial charge in [0.25, 0.3) is 0 Å². The molecule has 0 bridgehead atoms. The molecule has 0 aliphatic rings. The molecule has 3 rings (SSSR count). The quantitative estimate of drug-likeness (QED) is 0.728. The fourth-order valence-corrected chi connectivity index (χ4v) is 2.48. The average molecular weight is 329 g/mol. The molecule has 6 heteroatoms. The van der Waals surface area contributed by atoms with Crippen LogP contribution in [0.2, 0.25) is 0 Å². The Kier molecular flexibility index (Phi) is 4.86. The second-order valence-electron chi connectivity index (χ2n) is 5.36. The predicted molar refractivity (Wildman–Crippen MR) is 88.4 cm³/mol. The summed E-state index contributed by atoms with van der Waals surface area (Å²) >= 11 is 0. The summed E-state index contributed by atoms with van der Waals surface area (Å²) in [5.41, 5.74) is 2.21. The molecule has 0 radical (unpaired) electrons. The van der Waals surface area contributed by atoms with Gasteiger partial charge in [0, 0.05) is 24.2 Å². The van der Waals surface area contributed by atoms with E-state index in [2.05, 4.69) is 10.4 Å². The normalized spacial score (nSPS) is 10.8. The van der Waals surface area contributed by atoms with E-state index in [1.807, 2.05) is 36.4 Å². The van der Waals surface area contributed by atoms with Gasteiger partial charge in [-0.25, -0.2) is 13.5 Å². The minimum Gasteiger partial charge on any atom is -0.394 e. The van der Waals surface area contributed by atoms with Crippen LogP contribution in [0.25, 0.3) is 11.3 Å². The van der Waals surface area contributed by atoms with Crippen molar-refractivity contribution >= 4 is 5.82 Å². The Morgan fingerprint density at radius 1 is 1.00 bits per heavy atom. The molecule has 2 aromatic carbocycles. The zero-order valence-corrected chi connectivity index (χ0v) is 12.9. The van der Waals surface area contributed by atoms with Gasteiger partial charge in [0.1, 0.15) is 17.5 Å². The number of rotatable bonds is 6. The molecule has 0 saturated heterocycles. The summed E-state index contributed by atoms with van der Waals surface area (Å²) in [5.74, 6) is -0.547. The second kappa shape index (κ2) is 7.23. The lowest BCUT2D eigenvalue weighted by Gasteiger charge is -2.09. The molecular weight excluding hydrogens is 312 g/mol. The Labute approximate surface area is 138 Å². The van der Waals surface area contributed by atoms with Crippen LogP contribution in [0.1, 0.15) is 5.56 Å². The summed E-state index contributed by atoms with van der Waals surface area (Å²) in [6.45, 7) is 0.520. The van der Waals surface area contributed by atoms with Crippen molar-refractivity contribution in [1.29, 1.82) is 0 Å². The minimum absolute atomic E-state index is 0.0564. The van der Waals surface area contributed by atoms with Gasteiger partial charge in [-0.3, -0.25) is 0 Å². The molecule has 0 aliphatic heterocycles. The largest absolute Gasteiger partial charge is 0.394 e. The first-order chi connectivity index (χ1) is 11.7. The van der Waals surface area contributed by atoms with E-state index < -0.39 is 11.6 Å². The molecule has 0 spiro atoms. The number of halogens is 2. The highest BCUT2D eigenvalue weighted by atomic mass is 19.1. The van der Waals surface area contributed by atoms with Gasteiger partial charge in [0.15, 0.2) is 0 Å². The number of nitrogens with zero attached hydrogens (tertiary/aromatic N) is 2. The molecule has 3 aromatic rings. The van der Waals surface area contributed by atoms with Gasteiger partial charge in [0.05, 0.1) is 18.8 Å². The predicted octanol–water partition coefficient (Wildman–Crippen LogP) is 3.43. The third-order valence-corrected chi connectivity index (χ3v) is 3.56. The Morgan fingerprint density at radius 2 is 1.71 bits per heavy atom. The SMILES string of the molecule is OCCn1nc(-c2ccccc2)cc1NCc1cc(F)cc(F)c1. The molecule has 1 heterocycles. The van der Waals surface area contributed by atoms with Gasteiger partial charge in [-0.1, -0.05) is 30.3 Å². The lowest BCUT2D eigenvalue weighted by Crippen LogP contribution is -2.10. The first kappa shape index (κ1) is 16.1. The van der Waals surface area contributed by atoms with Crippen LogP contribution in [0.5, 0.6) is 0 Å². The third kappa shape index (κ3) is 3.78. The fourth-order valence-electron chi connectivity index (χ4n) is 2.48. The number of aromatic nitrogens is 2. The number of benzene rings is 2. The number of aliphatic hydroxyl groups is 1. The van der Waals surface area contributed by atoms with Gasteiger partial charge < -0.3 is 10.4 Å². The second-order valence-corrected chi connectivity index (χ2v) is 5.36. The van der Waals surface area contributed by atoms with Crippen LogP contribution in [-0.2, 0) is 13.1 Å². The lowest BCUT2D eigenvalue weighted by molar-refractivity contribution is 0.270. The van der Waals surface area contributed by atoms with Crippen molar-refractivity contribution in [2.75, 3.05) is 11.9 Å². The van der Waals surface area contributed by atoms with Crippen LogP contribution in [0.4, 0.5) is 14.6 Å². The maximum Gasteiger partial charge on any atom is 0.126 e. The van der Waals surface area contributed by atoms with Crippen LogP contribution in [0.15, 0.2) is 54.6 Å². The van der Waals surface area contributed by atoms with E-state index in [1.54, 1.807) is 4.68 Å². The molecule has 0 atom stereocenters. The fraction of sp³-hybridized carbons (Fsp3) is 0.167. The van der Waals surface area contributed by atoms with E-state index >= 15 is 0 Å². The standard InChI is InChI=1S/C18H17F2N3O/c19-15-8-13(9-16(20)10-15)12-21-18-11-17(22-23(18)6-7-24)14-4-2-1-3-5-14/h1-5,8-11,21,24H,6-7,12H2. The summed E-state index contributed by atoms with van der Waals surface area (Å²) in [5, 5.41) is 16.8. The smallest absolute Gasteiger partial charge is 0.126 e. The molecule has 24 heavy (non-hydrogen) atoms. The van der Waals surface area contributed by atoms with E-state index in [1.165, 1.54) is 12.1 Å². The van der Waals surface area contributed by atoms with Crippen LogP contribution < -0.4 is 5.32 Å². The van der Waals surface area contributed by atoms with Crippen LogP contribution >= 0.6 is 0 Å². The van der Waals surface area contributed by atoms with E-state index in [9.17, 15) is 13.9 Å². The van der Waals surface area contributed by atoms with Crippen molar-refractivity contribution < 1.29 is 13.9 Å². The first-order valence-electron chi connectivity index (χ1n) is 7.58. The van der Waals surface area contributed by atoms with Crippen molar-refractivity contribution in [1.82, 2.24) is 9.78 Å². The Hall–Kier alpha value is -2.73. The van der Waals surface area contributed by atoms with Crippen LogP contribution in [-0.4, -0.2) is 21.5 Å². The van der Waals surface area contributed by atoms with Gasteiger partial charge in [0.2, 0.25) is 0 Å². The molecule has 0 saturated carbocycles. The molecule has 0 unspecified atom stereocenters. The minimum atomic E-state index is -0.611. The topological polar surface area (TPSA) is 50.1 Å². The Bertz CT molecular complexity index is 798. The highest BCUT2D eigenvalue weighted by Crippen LogP contribution is 2.22. The molecule has 0 amide bonds. The van der Waals surface area contributed by atoms with Gasteiger partial charge >= 0.3 is 0 Å². The Balaban J connectivity index is 1.82. The van der Waals surface area contributed by atoms with E-state index in [-0.39, 0.29) is 13.2 Å². The van der Waals surface area contributed by atoms with Crippen LogP contribution in [0.3, 0.4) is 0 Å². The van der Waals surface area contributed by atoms with Crippen molar-refractivity contribution in [3.05, 3.63) is 71.8 Å². The van der Waals surface area contributed by atoms with Crippen molar-refractivity contribution in [2.45, 2.75) is 13.1 Å². The maximum atomic E-state index is 13.3. The molecule has 4 nitrogen and oxygen atoms in total. The summed E-state index contributed by atoms with van der Waals surface area (Å²) in [4.78, 5) is 0. The number of aliphatic hydroxyl groups excluding tert-OH is 1. The number of hydrogen-bond acceptors (Lipinski definition) is 3. The highest BCUT2D eigenvalue weighted by molar-refractivity contribution is 5.63. The molecule has 124 valence electrons. The van der Waals surface area contributed by atoms with Crippen LogP contribution in [0, 0.1) is 11.6 Å². The van der Waals surface area contributed by atoms with E-state index in [4.69, 9.17) is 0 Å². The number of nitrogens with one attached hydrogen (secondary N) is 1. The highest BCUT2D eigenvalue weighted by Gasteiger charge is 2.09. The first-order valence-corrected chi connectivity index (χ1v) is 7.58. The van der Waals surface area contributed by atoms with Crippen molar-refractivity contribution in [3.63, 3.8) is 0 Å². The monoisotopic (exact) mass is 329 g/mol. The van der Waals surface area contributed by atoms with Crippen molar-refractivity contribution in [2.24, 2.45) is 0 Å². The molecule has 1 aromatic heterocycles. The summed E-state index contributed by atoms with van der Waals surface area (Å²) in [6, 6.07) is 14.9. The summed E-state index contributed by atoms with van der Waals surface area (Å²) in [6.07, 6.45) is 0. The Morgan fingerprint density at radius 3 is 2.38 bits per heavy atom. The average Bonchev–Trinajstić information content (AvgIpc) is 2.96. The van der Waals surface area contributed by atoms with Gasteiger partial charge in [-0.05, 0) is 17.7 Å². The number of anilines is 1. The summed E-state index contributed by atoms with van der Waals surface area (Å²) in [7, 11) is 0. The van der Waals surface area contributed by atoms with Crippen molar-refractivity contribution in [3.8, 4) is 11.3 Å². The third-order valence-electron chi connectivity index (χ3n) is 3.56. The molecule has 0 aliphatic carbocycles. The van der Waals surface area contributed by atoms with E-state index in [0.29, 0.717) is 17.9 Å². The number of hydrogen-bond donors (Lipinski definition) is 2. The van der Waals surface area contributed by atoms with Gasteiger partial charge in [-0.2, -0.15) is 5.10 Å². The summed E-state index contributed by atoms with van der Waals surface area (Å²) < 4.78 is 28.2. The molecular formula is C18H17F2N3O. The zero-order valence-electron chi connectivity index (χ0n) is 12.9. The maximum absolute atomic E-state index is 13.3. The van der Waals surface area contributed by atoms with Gasteiger partial charge in [-0.15, -0.1) is 0 Å². The molecule has 0 fully saturated rings. The molecule has 2 N–H and O–H groups in total.